The maximum Gasteiger partial charge on any atom is 0.228 e. The number of methoxy groups -OCH3 is 2. The third kappa shape index (κ3) is 3.40. The highest BCUT2D eigenvalue weighted by molar-refractivity contribution is 5.81. The number of fused-ring (bicyclic) bond motifs is 5. The van der Waals surface area contributed by atoms with Crippen molar-refractivity contribution < 1.29 is 19.3 Å². The van der Waals surface area contributed by atoms with Gasteiger partial charge >= 0.3 is 0 Å². The summed E-state index contributed by atoms with van der Waals surface area (Å²) in [4.78, 5) is 14.2. The van der Waals surface area contributed by atoms with E-state index < -0.39 is 0 Å². The molecule has 0 aliphatic carbocycles. The van der Waals surface area contributed by atoms with Gasteiger partial charge in [0.2, 0.25) is 11.7 Å². The van der Waals surface area contributed by atoms with E-state index in [0.29, 0.717) is 40.3 Å². The number of nitrogens with zero attached hydrogens (tertiary/aromatic N) is 5. The normalized spacial score (nSPS) is 14.1. The molecule has 3 aromatic heterocycles. The molecule has 1 aliphatic rings. The monoisotopic (exact) mass is 503 g/mol. The minimum atomic E-state index is -0.327. The Kier molecular flexibility index (Phi) is 4.90. The topological polar surface area (TPSA) is 104 Å². The van der Waals surface area contributed by atoms with Crippen LogP contribution in [0.1, 0.15) is 22.6 Å². The summed E-state index contributed by atoms with van der Waals surface area (Å²) in [6, 6.07) is 22.7. The molecule has 7 rings (SSSR count). The van der Waals surface area contributed by atoms with Gasteiger partial charge in [-0.15, -0.1) is 5.10 Å². The molecule has 38 heavy (non-hydrogen) atoms. The Morgan fingerprint density at radius 1 is 0.895 bits per heavy atom. The lowest BCUT2D eigenvalue weighted by molar-refractivity contribution is 0.354. The number of phenols is 1. The quantitative estimate of drug-likeness (QED) is 0.343. The molecule has 0 radical (unpaired) electrons. The first kappa shape index (κ1) is 22.1. The van der Waals surface area contributed by atoms with Gasteiger partial charge < -0.3 is 19.3 Å². The zero-order chi connectivity index (χ0) is 25.8. The van der Waals surface area contributed by atoms with E-state index in [2.05, 4.69) is 4.98 Å². The molecule has 9 nitrogen and oxygen atoms in total. The first-order valence-corrected chi connectivity index (χ1v) is 12.0. The molecule has 1 N–H and O–H groups in total. The van der Waals surface area contributed by atoms with Crippen LogP contribution in [0.4, 0.5) is 0 Å². The lowest BCUT2D eigenvalue weighted by atomic mass is 9.83. The number of hydrogen-bond acceptors (Lipinski definition) is 8. The fraction of sp³-hybridized carbons (Fsp3) is 0.103. The molecule has 0 saturated heterocycles. The molecule has 0 fully saturated rings. The van der Waals surface area contributed by atoms with Crippen LogP contribution in [0.2, 0.25) is 0 Å². The Morgan fingerprint density at radius 2 is 1.76 bits per heavy atom. The smallest absolute Gasteiger partial charge is 0.228 e. The highest BCUT2D eigenvalue weighted by Gasteiger charge is 2.34. The van der Waals surface area contributed by atoms with Gasteiger partial charge in [0.05, 0.1) is 25.3 Å². The second-order valence-electron chi connectivity index (χ2n) is 8.93. The van der Waals surface area contributed by atoms with Crippen molar-refractivity contribution in [1.82, 2.24) is 24.6 Å². The van der Waals surface area contributed by atoms with Gasteiger partial charge in [-0.05, 0) is 35.9 Å². The van der Waals surface area contributed by atoms with Crippen LogP contribution >= 0.6 is 0 Å². The SMILES string of the molecule is COc1ccc(C2c3ccc(O)cc3Oc3ncn4nc(-c5ccc6ccccc6n5)nc4c32)cc1OC. The van der Waals surface area contributed by atoms with Crippen LogP contribution in [0.25, 0.3) is 28.1 Å². The molecule has 0 amide bonds. The van der Waals surface area contributed by atoms with Crippen molar-refractivity contribution in [2.45, 2.75) is 5.92 Å². The second kappa shape index (κ2) is 8.45. The Morgan fingerprint density at radius 3 is 2.63 bits per heavy atom. The zero-order valence-electron chi connectivity index (χ0n) is 20.5. The molecule has 1 aliphatic heterocycles. The van der Waals surface area contributed by atoms with Crippen LogP contribution < -0.4 is 14.2 Å². The number of phenolic OH excluding ortho intramolecular Hbond substituents is 1. The fourth-order valence-corrected chi connectivity index (χ4v) is 4.98. The van der Waals surface area contributed by atoms with Crippen LogP contribution in [-0.2, 0) is 0 Å². The number of rotatable bonds is 4. The van der Waals surface area contributed by atoms with E-state index in [9.17, 15) is 5.11 Å². The first-order valence-electron chi connectivity index (χ1n) is 12.0. The van der Waals surface area contributed by atoms with Gasteiger partial charge in [0.1, 0.15) is 23.5 Å². The van der Waals surface area contributed by atoms with Crippen LogP contribution in [-0.4, -0.2) is 43.9 Å². The summed E-state index contributed by atoms with van der Waals surface area (Å²) < 4.78 is 18.9. The van der Waals surface area contributed by atoms with Crippen LogP contribution in [0.3, 0.4) is 0 Å². The summed E-state index contributed by atoms with van der Waals surface area (Å²) in [7, 11) is 3.21. The average Bonchev–Trinajstić information content (AvgIpc) is 3.40. The van der Waals surface area contributed by atoms with Crippen LogP contribution in [0, 0.1) is 0 Å². The largest absolute Gasteiger partial charge is 0.508 e. The molecule has 4 heterocycles. The number of benzene rings is 3. The summed E-state index contributed by atoms with van der Waals surface area (Å²) in [5.74, 6) is 2.39. The van der Waals surface area contributed by atoms with Crippen molar-refractivity contribution in [1.29, 1.82) is 0 Å². The molecular weight excluding hydrogens is 482 g/mol. The summed E-state index contributed by atoms with van der Waals surface area (Å²) in [6.45, 7) is 0. The van der Waals surface area contributed by atoms with Crippen molar-refractivity contribution in [2.24, 2.45) is 0 Å². The molecule has 0 spiro atoms. The maximum absolute atomic E-state index is 10.1. The zero-order valence-corrected chi connectivity index (χ0v) is 20.5. The number of para-hydroxylation sites is 1. The van der Waals surface area contributed by atoms with Gasteiger partial charge in [0, 0.05) is 22.9 Å². The Balaban J connectivity index is 1.45. The summed E-state index contributed by atoms with van der Waals surface area (Å²) in [5.41, 5.74) is 4.64. The standard InChI is InChI=1S/C29H21N5O4/c1-36-22-12-8-17(13-24(22)37-2)25-19-10-9-18(35)14-23(19)38-29-26(25)28-32-27(33-34(28)15-30-29)21-11-7-16-5-3-4-6-20(16)31-21/h3-15,25,35H,1-2H3. The predicted octanol–water partition coefficient (Wildman–Crippen LogP) is 5.35. The van der Waals surface area contributed by atoms with Gasteiger partial charge in [0.25, 0.3) is 0 Å². The molecular formula is C29H21N5O4. The third-order valence-electron chi connectivity index (χ3n) is 6.76. The van der Waals surface area contributed by atoms with Gasteiger partial charge in [0.15, 0.2) is 17.1 Å². The van der Waals surface area contributed by atoms with Crippen molar-refractivity contribution in [3.8, 4) is 40.4 Å². The summed E-state index contributed by atoms with van der Waals surface area (Å²) >= 11 is 0. The molecule has 0 bridgehead atoms. The van der Waals surface area contributed by atoms with E-state index in [1.165, 1.54) is 0 Å². The van der Waals surface area contributed by atoms with E-state index in [1.807, 2.05) is 60.7 Å². The number of pyridine rings is 1. The van der Waals surface area contributed by atoms with Gasteiger partial charge in [-0.2, -0.15) is 0 Å². The third-order valence-corrected chi connectivity index (χ3v) is 6.76. The molecule has 186 valence electrons. The van der Waals surface area contributed by atoms with E-state index in [4.69, 9.17) is 29.3 Å². The Bertz CT molecular complexity index is 1870. The van der Waals surface area contributed by atoms with E-state index >= 15 is 0 Å². The molecule has 1 atom stereocenters. The molecule has 0 saturated carbocycles. The van der Waals surface area contributed by atoms with Crippen molar-refractivity contribution in [3.05, 3.63) is 95.8 Å². The summed E-state index contributed by atoms with van der Waals surface area (Å²) in [6.07, 6.45) is 1.57. The van der Waals surface area contributed by atoms with Gasteiger partial charge in [-0.1, -0.05) is 36.4 Å². The minimum absolute atomic E-state index is 0.103. The van der Waals surface area contributed by atoms with Gasteiger partial charge in [-0.3, -0.25) is 0 Å². The predicted molar refractivity (Wildman–Crippen MR) is 140 cm³/mol. The lowest BCUT2D eigenvalue weighted by Crippen LogP contribution is -2.15. The molecule has 1 unspecified atom stereocenters. The molecule has 9 heteroatoms. The minimum Gasteiger partial charge on any atom is -0.508 e. The van der Waals surface area contributed by atoms with Crippen molar-refractivity contribution in [2.75, 3.05) is 14.2 Å². The highest BCUT2D eigenvalue weighted by Crippen LogP contribution is 2.49. The Labute approximate surface area is 216 Å². The van der Waals surface area contributed by atoms with E-state index in [1.54, 1.807) is 37.2 Å². The molecule has 6 aromatic rings. The number of hydrogen-bond donors (Lipinski definition) is 1. The van der Waals surface area contributed by atoms with E-state index in [0.717, 1.165) is 27.6 Å². The van der Waals surface area contributed by atoms with Gasteiger partial charge in [-0.25, -0.2) is 19.5 Å². The Hall–Kier alpha value is -5.18. The number of aromatic hydroxyl groups is 1. The maximum atomic E-state index is 10.1. The van der Waals surface area contributed by atoms with Crippen LogP contribution in [0.5, 0.6) is 28.9 Å². The lowest BCUT2D eigenvalue weighted by Gasteiger charge is -2.28. The van der Waals surface area contributed by atoms with E-state index in [-0.39, 0.29) is 11.7 Å². The van der Waals surface area contributed by atoms with Crippen LogP contribution in [0.15, 0.2) is 79.1 Å². The van der Waals surface area contributed by atoms with Crippen molar-refractivity contribution >= 4 is 16.6 Å². The first-order chi connectivity index (χ1) is 18.6. The average molecular weight is 504 g/mol. The highest BCUT2D eigenvalue weighted by atomic mass is 16.5. The van der Waals surface area contributed by atoms with Crippen molar-refractivity contribution in [3.63, 3.8) is 0 Å². The molecule has 3 aromatic carbocycles. The number of ether oxygens (including phenoxy) is 3. The fourth-order valence-electron chi connectivity index (χ4n) is 4.98. The number of aromatic nitrogens is 5. The second-order valence-corrected chi connectivity index (χ2v) is 8.93. The summed E-state index contributed by atoms with van der Waals surface area (Å²) in [5, 5.41) is 15.9.